The van der Waals surface area contributed by atoms with Crippen molar-refractivity contribution in [2.45, 2.75) is 36.0 Å². The van der Waals surface area contributed by atoms with Gasteiger partial charge < -0.3 is 5.73 Å². The number of primary amides is 1. The van der Waals surface area contributed by atoms with Crippen LogP contribution in [0.2, 0.25) is 0 Å². The minimum Gasteiger partial charge on any atom is -0.370 e. The van der Waals surface area contributed by atoms with E-state index in [2.05, 4.69) is 18.6 Å². The summed E-state index contributed by atoms with van der Waals surface area (Å²) in [5, 5.41) is 0. The Balaban J connectivity index is 2.18. The fourth-order valence-corrected chi connectivity index (χ4v) is 4.29. The number of benzene rings is 2. The number of hydrogen-bond donors (Lipinski definition) is 2. The minimum atomic E-state index is -3.67. The number of rotatable bonds is 8. The lowest BCUT2D eigenvalue weighted by molar-refractivity contribution is -0.117. The van der Waals surface area contributed by atoms with Crippen molar-refractivity contribution in [1.82, 2.24) is 0 Å². The lowest BCUT2D eigenvalue weighted by Gasteiger charge is -2.13. The van der Waals surface area contributed by atoms with Crippen LogP contribution in [-0.2, 0) is 14.8 Å². The van der Waals surface area contributed by atoms with Crippen LogP contribution in [0.3, 0.4) is 0 Å². The van der Waals surface area contributed by atoms with Crippen LogP contribution in [0.1, 0.15) is 31.7 Å². The second-order valence-electron chi connectivity index (χ2n) is 5.89. The van der Waals surface area contributed by atoms with Gasteiger partial charge in [0.1, 0.15) is 0 Å². The lowest BCUT2D eigenvalue weighted by atomic mass is 10.0. The van der Waals surface area contributed by atoms with Gasteiger partial charge in [0.15, 0.2) is 0 Å². The van der Waals surface area contributed by atoms with Crippen LogP contribution in [0.25, 0.3) is 0 Å². The van der Waals surface area contributed by atoms with Gasteiger partial charge >= 0.3 is 0 Å². The number of sulfonamides is 1. The third-order valence-electron chi connectivity index (χ3n) is 3.59. The second kappa shape index (κ2) is 8.40. The number of amides is 1. The Morgan fingerprint density at radius 3 is 2.36 bits per heavy atom. The molecular formula is C18H22N2O3S2. The zero-order valence-electron chi connectivity index (χ0n) is 14.2. The molecule has 0 fully saturated rings. The highest BCUT2D eigenvalue weighted by atomic mass is 32.2. The third kappa shape index (κ3) is 5.51. The van der Waals surface area contributed by atoms with Crippen LogP contribution in [0.15, 0.2) is 58.3 Å². The summed E-state index contributed by atoms with van der Waals surface area (Å²) in [5.74, 6) is 0.458. The number of nitrogens with one attached hydrogen (secondary N) is 1. The number of nitrogens with two attached hydrogens (primary N) is 1. The maximum atomic E-state index is 12.6. The Bertz CT molecular complexity index is 832. The van der Waals surface area contributed by atoms with E-state index in [1.807, 2.05) is 24.3 Å². The van der Waals surface area contributed by atoms with E-state index in [0.29, 0.717) is 17.4 Å². The van der Waals surface area contributed by atoms with Gasteiger partial charge in [0.05, 0.1) is 10.6 Å². The molecule has 0 aromatic heterocycles. The molecule has 0 aliphatic heterocycles. The molecule has 0 unspecified atom stereocenters. The molecule has 2 aromatic rings. The summed E-state index contributed by atoms with van der Waals surface area (Å²) in [6.45, 7) is 4.11. The fraction of sp³-hybridized carbons (Fsp3) is 0.278. The zero-order valence-corrected chi connectivity index (χ0v) is 15.9. The fourth-order valence-electron chi connectivity index (χ4n) is 2.17. The Kier molecular flexibility index (Phi) is 6.50. The van der Waals surface area contributed by atoms with Crippen molar-refractivity contribution < 1.29 is 13.2 Å². The smallest absolute Gasteiger partial charge is 0.261 e. The quantitative estimate of drug-likeness (QED) is 0.687. The molecule has 0 bridgehead atoms. The maximum absolute atomic E-state index is 12.6. The standard InChI is InChI=1S/C18H22N2O3S2/c1-13(2)14-7-9-15(10-8-14)25(22,23)20-16-5-3-4-6-17(16)24-12-11-18(19)21/h3-10,13,20H,11-12H2,1-2H3,(H2,19,21). The average molecular weight is 379 g/mol. The first kappa shape index (κ1) is 19.3. The lowest BCUT2D eigenvalue weighted by Crippen LogP contribution is -2.14. The molecule has 2 rings (SSSR count). The van der Waals surface area contributed by atoms with E-state index in [9.17, 15) is 13.2 Å². The Labute approximate surface area is 153 Å². The summed E-state index contributed by atoms with van der Waals surface area (Å²) in [7, 11) is -3.67. The molecule has 1 amide bonds. The van der Waals surface area contributed by atoms with Crippen molar-refractivity contribution in [3.05, 3.63) is 54.1 Å². The minimum absolute atomic E-state index is 0.217. The van der Waals surface area contributed by atoms with Crippen molar-refractivity contribution in [2.75, 3.05) is 10.5 Å². The first-order valence-electron chi connectivity index (χ1n) is 7.92. The van der Waals surface area contributed by atoms with E-state index in [0.717, 1.165) is 10.5 Å². The number of carbonyl (C=O) groups is 1. The van der Waals surface area contributed by atoms with Crippen LogP contribution in [0, 0.1) is 0 Å². The normalized spacial score (nSPS) is 11.5. The Morgan fingerprint density at radius 2 is 1.76 bits per heavy atom. The zero-order chi connectivity index (χ0) is 18.4. The van der Waals surface area contributed by atoms with Crippen molar-refractivity contribution >= 4 is 33.4 Å². The number of thioether (sulfide) groups is 1. The number of anilines is 1. The van der Waals surface area contributed by atoms with E-state index in [4.69, 9.17) is 5.73 Å². The van der Waals surface area contributed by atoms with Crippen LogP contribution in [0.5, 0.6) is 0 Å². The summed E-state index contributed by atoms with van der Waals surface area (Å²) in [6.07, 6.45) is 0.239. The van der Waals surface area contributed by atoms with Gasteiger partial charge in [-0.3, -0.25) is 9.52 Å². The van der Waals surface area contributed by atoms with Crippen molar-refractivity contribution in [3.63, 3.8) is 0 Å². The van der Waals surface area contributed by atoms with Gasteiger partial charge in [0, 0.05) is 17.1 Å². The molecule has 0 radical (unpaired) electrons. The van der Waals surface area contributed by atoms with Crippen molar-refractivity contribution in [1.29, 1.82) is 0 Å². The molecule has 2 aromatic carbocycles. The van der Waals surface area contributed by atoms with Gasteiger partial charge in [0.2, 0.25) is 5.91 Å². The summed E-state index contributed by atoms with van der Waals surface area (Å²) >= 11 is 1.39. The van der Waals surface area contributed by atoms with Gasteiger partial charge in [0.25, 0.3) is 10.0 Å². The Hall–Kier alpha value is -1.99. The number of hydrogen-bond acceptors (Lipinski definition) is 4. The van der Waals surface area contributed by atoms with Gasteiger partial charge in [-0.25, -0.2) is 8.42 Å². The van der Waals surface area contributed by atoms with Crippen LogP contribution < -0.4 is 10.5 Å². The molecule has 25 heavy (non-hydrogen) atoms. The topological polar surface area (TPSA) is 89.3 Å². The summed E-state index contributed by atoms with van der Waals surface area (Å²) in [5.41, 5.74) is 6.72. The van der Waals surface area contributed by atoms with Crippen molar-refractivity contribution in [3.8, 4) is 0 Å². The Morgan fingerprint density at radius 1 is 1.12 bits per heavy atom. The molecule has 0 saturated carbocycles. The van der Waals surface area contributed by atoms with E-state index in [1.165, 1.54) is 11.8 Å². The monoisotopic (exact) mass is 378 g/mol. The predicted molar refractivity (Wildman–Crippen MR) is 102 cm³/mol. The molecule has 0 aliphatic rings. The van der Waals surface area contributed by atoms with Crippen molar-refractivity contribution in [2.24, 2.45) is 5.73 Å². The molecule has 0 spiro atoms. The van der Waals surface area contributed by atoms with E-state index in [1.54, 1.807) is 24.3 Å². The number of para-hydroxylation sites is 1. The average Bonchev–Trinajstić information content (AvgIpc) is 2.56. The van der Waals surface area contributed by atoms with Crippen LogP contribution in [-0.4, -0.2) is 20.1 Å². The van der Waals surface area contributed by atoms with Gasteiger partial charge in [-0.2, -0.15) is 0 Å². The van der Waals surface area contributed by atoms with E-state index in [-0.39, 0.29) is 17.2 Å². The summed E-state index contributed by atoms with van der Waals surface area (Å²) in [6, 6.07) is 14.0. The van der Waals surface area contributed by atoms with Crippen LogP contribution >= 0.6 is 11.8 Å². The van der Waals surface area contributed by atoms with Crippen LogP contribution in [0.4, 0.5) is 5.69 Å². The van der Waals surface area contributed by atoms with E-state index >= 15 is 0 Å². The van der Waals surface area contributed by atoms with Gasteiger partial charge in [-0.1, -0.05) is 38.1 Å². The second-order valence-corrected chi connectivity index (χ2v) is 8.71. The molecule has 3 N–H and O–H groups in total. The highest BCUT2D eigenvalue weighted by Crippen LogP contribution is 2.29. The van der Waals surface area contributed by atoms with Gasteiger partial charge in [-0.05, 0) is 35.7 Å². The summed E-state index contributed by atoms with van der Waals surface area (Å²) < 4.78 is 27.9. The molecule has 0 saturated heterocycles. The molecule has 0 aliphatic carbocycles. The van der Waals surface area contributed by atoms with Gasteiger partial charge in [-0.15, -0.1) is 11.8 Å². The first-order chi connectivity index (χ1) is 11.8. The summed E-state index contributed by atoms with van der Waals surface area (Å²) in [4.78, 5) is 11.8. The molecule has 134 valence electrons. The highest BCUT2D eigenvalue weighted by Gasteiger charge is 2.16. The highest BCUT2D eigenvalue weighted by molar-refractivity contribution is 7.99. The molecule has 7 heteroatoms. The molecule has 5 nitrogen and oxygen atoms in total. The predicted octanol–water partition coefficient (Wildman–Crippen LogP) is 3.58. The number of carbonyl (C=O) groups excluding carboxylic acids is 1. The molecule has 0 atom stereocenters. The maximum Gasteiger partial charge on any atom is 0.261 e. The first-order valence-corrected chi connectivity index (χ1v) is 10.4. The molecular weight excluding hydrogens is 356 g/mol. The van der Waals surface area contributed by atoms with E-state index < -0.39 is 10.0 Å². The largest absolute Gasteiger partial charge is 0.370 e. The molecule has 0 heterocycles. The third-order valence-corrected chi connectivity index (χ3v) is 6.05. The SMILES string of the molecule is CC(C)c1ccc(S(=O)(=O)Nc2ccccc2SCCC(N)=O)cc1.